The molecule has 2 aliphatic rings. The standard InChI is InChI=1S/C61H39NO/c1-4-16-40(17-5-1)43-28-33-46(34-29-43)62(47-35-30-44(31-36-47)41-18-6-2-7-19-41)60-58-50-24-12-15-27-54(50)61(52-25-13-10-22-48(52)49-23-11-14-26-53(49)61)55(58)39-57-59(60)51-37-32-45(38-56(51)63-57)42-20-8-3-9-21-42/h1-39H. The van der Waals surface area contributed by atoms with Gasteiger partial charge in [-0.1, -0.05) is 194 Å². The van der Waals surface area contributed by atoms with E-state index in [4.69, 9.17) is 4.42 Å². The Morgan fingerprint density at radius 2 is 0.730 bits per heavy atom. The van der Waals surface area contributed by atoms with Crippen LogP contribution in [-0.2, 0) is 5.41 Å². The number of hydrogen-bond donors (Lipinski definition) is 0. The Bertz CT molecular complexity index is 3400. The first-order valence-corrected chi connectivity index (χ1v) is 21.8. The molecule has 10 aromatic carbocycles. The van der Waals surface area contributed by atoms with E-state index < -0.39 is 5.41 Å². The van der Waals surface area contributed by atoms with Crippen molar-refractivity contribution in [1.82, 2.24) is 0 Å². The van der Waals surface area contributed by atoms with Gasteiger partial charge < -0.3 is 9.32 Å². The van der Waals surface area contributed by atoms with Crippen molar-refractivity contribution in [2.24, 2.45) is 0 Å². The Morgan fingerprint density at radius 3 is 1.25 bits per heavy atom. The average molecular weight is 802 g/mol. The SMILES string of the molecule is c1ccc(-c2ccc(N(c3ccc(-c4ccccc4)cc3)c3c4c(cc5oc6cc(-c7ccccc7)ccc6c35)C3(c5ccccc5-c5ccccc53)c3ccccc3-4)cc2)cc1. The molecule has 0 N–H and O–H groups in total. The summed E-state index contributed by atoms with van der Waals surface area (Å²) >= 11 is 0. The molecule has 13 rings (SSSR count). The lowest BCUT2D eigenvalue weighted by molar-refractivity contribution is 0.667. The molecule has 1 aromatic heterocycles. The number of rotatable bonds is 6. The predicted octanol–water partition coefficient (Wildman–Crippen LogP) is 16.4. The van der Waals surface area contributed by atoms with Crippen molar-refractivity contribution in [3.05, 3.63) is 259 Å². The van der Waals surface area contributed by atoms with Gasteiger partial charge >= 0.3 is 0 Å². The molecule has 1 heterocycles. The number of nitrogens with zero attached hydrogens (tertiary/aromatic N) is 1. The first-order valence-electron chi connectivity index (χ1n) is 21.8. The first kappa shape index (κ1) is 35.5. The molecule has 2 aliphatic carbocycles. The maximum absolute atomic E-state index is 7.21. The van der Waals surface area contributed by atoms with Crippen molar-refractivity contribution in [1.29, 1.82) is 0 Å². The highest BCUT2D eigenvalue weighted by Crippen LogP contribution is 2.66. The molecule has 0 fully saturated rings. The summed E-state index contributed by atoms with van der Waals surface area (Å²) in [5, 5.41) is 2.17. The maximum Gasteiger partial charge on any atom is 0.137 e. The second kappa shape index (κ2) is 13.9. The van der Waals surface area contributed by atoms with Crippen LogP contribution in [0, 0.1) is 0 Å². The van der Waals surface area contributed by atoms with Gasteiger partial charge in [-0.3, -0.25) is 0 Å². The van der Waals surface area contributed by atoms with Gasteiger partial charge in [0.25, 0.3) is 0 Å². The van der Waals surface area contributed by atoms with Gasteiger partial charge in [0.1, 0.15) is 11.2 Å². The van der Waals surface area contributed by atoms with Gasteiger partial charge in [0.2, 0.25) is 0 Å². The van der Waals surface area contributed by atoms with Crippen LogP contribution in [0.1, 0.15) is 22.3 Å². The van der Waals surface area contributed by atoms with E-state index in [1.54, 1.807) is 0 Å². The quantitative estimate of drug-likeness (QED) is 0.167. The van der Waals surface area contributed by atoms with E-state index in [2.05, 4.69) is 241 Å². The van der Waals surface area contributed by atoms with Crippen molar-refractivity contribution < 1.29 is 4.42 Å². The molecule has 0 radical (unpaired) electrons. The van der Waals surface area contributed by atoms with E-state index in [-0.39, 0.29) is 0 Å². The molecule has 0 bridgehead atoms. The van der Waals surface area contributed by atoms with Crippen LogP contribution in [0.15, 0.2) is 241 Å². The third kappa shape index (κ3) is 5.25. The topological polar surface area (TPSA) is 16.4 Å². The minimum atomic E-state index is -0.559. The van der Waals surface area contributed by atoms with Gasteiger partial charge in [-0.15, -0.1) is 0 Å². The van der Waals surface area contributed by atoms with Crippen LogP contribution in [0.5, 0.6) is 0 Å². The van der Waals surface area contributed by atoms with Gasteiger partial charge in [0.05, 0.1) is 16.5 Å². The molecular formula is C61H39NO. The summed E-state index contributed by atoms with van der Waals surface area (Å²) < 4.78 is 7.21. The Morgan fingerprint density at radius 1 is 0.317 bits per heavy atom. The maximum atomic E-state index is 7.21. The third-order valence-corrected chi connectivity index (χ3v) is 13.5. The highest BCUT2D eigenvalue weighted by Gasteiger charge is 2.53. The molecule has 294 valence electrons. The molecule has 63 heavy (non-hydrogen) atoms. The highest BCUT2D eigenvalue weighted by molar-refractivity contribution is 6.20. The summed E-state index contributed by atoms with van der Waals surface area (Å²) in [4.78, 5) is 2.49. The Hall–Kier alpha value is -8.20. The monoisotopic (exact) mass is 801 g/mol. The van der Waals surface area contributed by atoms with Crippen LogP contribution in [0.2, 0.25) is 0 Å². The molecule has 0 saturated heterocycles. The molecule has 0 atom stereocenters. The van der Waals surface area contributed by atoms with Crippen molar-refractivity contribution >= 4 is 39.0 Å². The molecule has 0 aliphatic heterocycles. The Balaban J connectivity index is 1.16. The number of furan rings is 1. The van der Waals surface area contributed by atoms with E-state index in [0.717, 1.165) is 50.1 Å². The fourth-order valence-corrected chi connectivity index (χ4v) is 10.8. The van der Waals surface area contributed by atoms with Gasteiger partial charge in [-0.2, -0.15) is 0 Å². The van der Waals surface area contributed by atoms with Crippen molar-refractivity contribution in [3.8, 4) is 55.6 Å². The van der Waals surface area contributed by atoms with E-state index in [1.165, 1.54) is 66.8 Å². The van der Waals surface area contributed by atoms with Gasteiger partial charge in [0.15, 0.2) is 0 Å². The Labute approximate surface area is 366 Å². The molecule has 0 amide bonds. The number of fused-ring (bicyclic) bond motifs is 13. The number of anilines is 3. The normalized spacial score (nSPS) is 12.9. The van der Waals surface area contributed by atoms with Crippen LogP contribution in [0.4, 0.5) is 17.1 Å². The third-order valence-electron chi connectivity index (χ3n) is 13.5. The lowest BCUT2D eigenvalue weighted by Crippen LogP contribution is -2.26. The second-order valence-corrected chi connectivity index (χ2v) is 16.7. The lowest BCUT2D eigenvalue weighted by Gasteiger charge is -2.32. The zero-order chi connectivity index (χ0) is 41.5. The fourth-order valence-electron chi connectivity index (χ4n) is 10.8. The van der Waals surface area contributed by atoms with Crippen LogP contribution in [0.3, 0.4) is 0 Å². The average Bonchev–Trinajstić information content (AvgIpc) is 3.99. The number of hydrogen-bond acceptors (Lipinski definition) is 2. The van der Waals surface area contributed by atoms with Crippen LogP contribution < -0.4 is 4.90 Å². The molecule has 0 saturated carbocycles. The van der Waals surface area contributed by atoms with Crippen LogP contribution in [0.25, 0.3) is 77.6 Å². The summed E-state index contributed by atoms with van der Waals surface area (Å²) in [6.07, 6.45) is 0. The van der Waals surface area contributed by atoms with E-state index in [9.17, 15) is 0 Å². The molecule has 2 nitrogen and oxygen atoms in total. The lowest BCUT2D eigenvalue weighted by atomic mass is 9.70. The summed E-state index contributed by atoms with van der Waals surface area (Å²) in [5.41, 5.74) is 21.6. The molecule has 2 heteroatoms. The zero-order valence-corrected chi connectivity index (χ0v) is 34.4. The minimum absolute atomic E-state index is 0.559. The largest absolute Gasteiger partial charge is 0.456 e. The van der Waals surface area contributed by atoms with Gasteiger partial charge in [-0.25, -0.2) is 0 Å². The molecule has 1 spiro atoms. The molecular weight excluding hydrogens is 763 g/mol. The van der Waals surface area contributed by atoms with E-state index in [0.29, 0.717) is 0 Å². The first-order chi connectivity index (χ1) is 31.3. The van der Waals surface area contributed by atoms with Crippen molar-refractivity contribution in [3.63, 3.8) is 0 Å². The zero-order valence-electron chi connectivity index (χ0n) is 34.4. The summed E-state index contributed by atoms with van der Waals surface area (Å²) in [5.74, 6) is 0. The summed E-state index contributed by atoms with van der Waals surface area (Å²) in [6, 6.07) is 86.3. The van der Waals surface area contributed by atoms with E-state index in [1.807, 2.05) is 0 Å². The van der Waals surface area contributed by atoms with Gasteiger partial charge in [0, 0.05) is 22.3 Å². The van der Waals surface area contributed by atoms with Crippen LogP contribution >= 0.6 is 0 Å². The minimum Gasteiger partial charge on any atom is -0.456 e. The van der Waals surface area contributed by atoms with Crippen molar-refractivity contribution in [2.75, 3.05) is 4.90 Å². The van der Waals surface area contributed by atoms with Crippen LogP contribution in [-0.4, -0.2) is 0 Å². The Kier molecular flexibility index (Phi) is 7.85. The predicted molar refractivity (Wildman–Crippen MR) is 261 cm³/mol. The molecule has 0 unspecified atom stereocenters. The highest BCUT2D eigenvalue weighted by atomic mass is 16.3. The smallest absolute Gasteiger partial charge is 0.137 e. The number of benzene rings is 10. The van der Waals surface area contributed by atoms with E-state index >= 15 is 0 Å². The van der Waals surface area contributed by atoms with Gasteiger partial charge in [-0.05, 0) is 115 Å². The van der Waals surface area contributed by atoms with Crippen molar-refractivity contribution in [2.45, 2.75) is 5.41 Å². The summed E-state index contributed by atoms with van der Waals surface area (Å²) in [6.45, 7) is 0. The molecule has 11 aromatic rings. The fraction of sp³-hybridized carbons (Fsp3) is 0.0164. The second-order valence-electron chi connectivity index (χ2n) is 16.7. The summed E-state index contributed by atoms with van der Waals surface area (Å²) in [7, 11) is 0.